The summed E-state index contributed by atoms with van der Waals surface area (Å²) in [6.45, 7) is 3.21. The van der Waals surface area contributed by atoms with Crippen molar-refractivity contribution in [1.82, 2.24) is 10.2 Å². The summed E-state index contributed by atoms with van der Waals surface area (Å²) in [6.07, 6.45) is 0.902. The van der Waals surface area contributed by atoms with Crippen molar-refractivity contribution < 1.29 is 9.18 Å². The molecular formula is C14H19FN2O. The number of carbonyl (C=O) groups is 1. The molecule has 1 aromatic carbocycles. The molecule has 0 saturated carbocycles. The summed E-state index contributed by atoms with van der Waals surface area (Å²) in [5, 5.41) is 2.88. The second kappa shape index (κ2) is 5.48. The van der Waals surface area contributed by atoms with Crippen LogP contribution in [0.2, 0.25) is 0 Å². The Balaban J connectivity index is 2.21. The van der Waals surface area contributed by atoms with E-state index in [4.69, 9.17) is 0 Å². The average Bonchev–Trinajstić information content (AvgIpc) is 2.72. The zero-order chi connectivity index (χ0) is 13.1. The summed E-state index contributed by atoms with van der Waals surface area (Å²) in [7, 11) is 1.76. The summed E-state index contributed by atoms with van der Waals surface area (Å²) in [4.78, 5) is 13.9. The quantitative estimate of drug-likeness (QED) is 0.889. The molecule has 3 nitrogen and oxygen atoms in total. The van der Waals surface area contributed by atoms with Crippen LogP contribution in [0.15, 0.2) is 24.3 Å². The van der Waals surface area contributed by atoms with Crippen LogP contribution in [0.4, 0.5) is 4.39 Å². The van der Waals surface area contributed by atoms with Gasteiger partial charge >= 0.3 is 0 Å². The highest BCUT2D eigenvalue weighted by Crippen LogP contribution is 2.35. The lowest BCUT2D eigenvalue weighted by Gasteiger charge is -2.25. The number of hydrogen-bond acceptors (Lipinski definition) is 2. The SMILES string of the molecule is CNCC(=O)N1C[C@H](C)C[C@@H]1c1cccc(F)c1. The van der Waals surface area contributed by atoms with Crippen LogP contribution >= 0.6 is 0 Å². The van der Waals surface area contributed by atoms with Crippen molar-refractivity contribution in [2.75, 3.05) is 20.1 Å². The Kier molecular flexibility index (Phi) is 3.97. The van der Waals surface area contributed by atoms with Gasteiger partial charge in [0.05, 0.1) is 12.6 Å². The van der Waals surface area contributed by atoms with Gasteiger partial charge in [-0.1, -0.05) is 19.1 Å². The summed E-state index contributed by atoms with van der Waals surface area (Å²) < 4.78 is 13.3. The Hall–Kier alpha value is -1.42. The fourth-order valence-corrected chi connectivity index (χ4v) is 2.60. The minimum Gasteiger partial charge on any atom is -0.334 e. The van der Waals surface area contributed by atoms with E-state index in [1.54, 1.807) is 13.1 Å². The van der Waals surface area contributed by atoms with Crippen molar-refractivity contribution in [3.63, 3.8) is 0 Å². The summed E-state index contributed by atoms with van der Waals surface area (Å²) in [5.41, 5.74) is 0.892. The van der Waals surface area contributed by atoms with Gasteiger partial charge in [0.15, 0.2) is 0 Å². The standard InChI is InChI=1S/C14H19FN2O/c1-10-6-13(11-4-3-5-12(15)7-11)17(9-10)14(18)8-16-2/h3-5,7,10,13,16H,6,8-9H2,1-2H3/t10-,13-/m1/s1. The maximum absolute atomic E-state index is 13.3. The van der Waals surface area contributed by atoms with Crippen LogP contribution in [-0.4, -0.2) is 30.9 Å². The summed E-state index contributed by atoms with van der Waals surface area (Å²) >= 11 is 0. The number of likely N-dealkylation sites (tertiary alicyclic amines) is 1. The van der Waals surface area contributed by atoms with Crippen LogP contribution < -0.4 is 5.32 Å². The number of nitrogens with one attached hydrogen (secondary N) is 1. The first-order valence-electron chi connectivity index (χ1n) is 6.31. The molecule has 0 spiro atoms. The van der Waals surface area contributed by atoms with Crippen LogP contribution in [-0.2, 0) is 4.79 Å². The molecule has 1 amide bonds. The highest BCUT2D eigenvalue weighted by Gasteiger charge is 2.33. The van der Waals surface area contributed by atoms with E-state index in [1.807, 2.05) is 11.0 Å². The van der Waals surface area contributed by atoms with E-state index in [0.717, 1.165) is 18.5 Å². The maximum Gasteiger partial charge on any atom is 0.237 e. The highest BCUT2D eigenvalue weighted by atomic mass is 19.1. The van der Waals surface area contributed by atoms with E-state index in [9.17, 15) is 9.18 Å². The molecule has 98 valence electrons. The molecule has 1 saturated heterocycles. The fourth-order valence-electron chi connectivity index (χ4n) is 2.60. The van der Waals surface area contributed by atoms with Crippen molar-refractivity contribution in [1.29, 1.82) is 0 Å². The van der Waals surface area contributed by atoms with Gasteiger partial charge in [-0.25, -0.2) is 4.39 Å². The van der Waals surface area contributed by atoms with E-state index in [-0.39, 0.29) is 17.8 Å². The number of rotatable bonds is 3. The molecule has 1 aliphatic heterocycles. The van der Waals surface area contributed by atoms with Crippen molar-refractivity contribution in [3.05, 3.63) is 35.6 Å². The molecule has 1 heterocycles. The molecule has 4 heteroatoms. The number of benzene rings is 1. The first-order valence-corrected chi connectivity index (χ1v) is 6.31. The third-order valence-electron chi connectivity index (χ3n) is 3.39. The summed E-state index contributed by atoms with van der Waals surface area (Å²) in [5.74, 6) is 0.295. The molecule has 1 aromatic rings. The molecule has 1 aliphatic rings. The lowest BCUT2D eigenvalue weighted by atomic mass is 10.0. The van der Waals surface area contributed by atoms with Crippen LogP contribution in [0, 0.1) is 11.7 Å². The molecule has 2 rings (SSSR count). The topological polar surface area (TPSA) is 32.3 Å². The molecule has 18 heavy (non-hydrogen) atoms. The second-order valence-electron chi connectivity index (χ2n) is 4.99. The number of likely N-dealkylation sites (N-methyl/N-ethyl adjacent to an activating group) is 1. The van der Waals surface area contributed by atoms with Crippen molar-refractivity contribution >= 4 is 5.91 Å². The average molecular weight is 250 g/mol. The van der Waals surface area contributed by atoms with Gasteiger partial charge in [-0.15, -0.1) is 0 Å². The highest BCUT2D eigenvalue weighted by molar-refractivity contribution is 5.79. The predicted molar refractivity (Wildman–Crippen MR) is 68.6 cm³/mol. The number of hydrogen-bond donors (Lipinski definition) is 1. The first-order chi connectivity index (χ1) is 8.61. The van der Waals surface area contributed by atoms with Crippen LogP contribution in [0.1, 0.15) is 24.9 Å². The Morgan fingerprint density at radius 2 is 2.33 bits per heavy atom. The largest absolute Gasteiger partial charge is 0.334 e. The zero-order valence-corrected chi connectivity index (χ0v) is 10.8. The van der Waals surface area contributed by atoms with Gasteiger partial charge in [0.1, 0.15) is 5.82 Å². The third kappa shape index (κ3) is 2.70. The lowest BCUT2D eigenvalue weighted by molar-refractivity contribution is -0.131. The number of carbonyl (C=O) groups excluding carboxylic acids is 1. The molecular weight excluding hydrogens is 231 g/mol. The van der Waals surface area contributed by atoms with Gasteiger partial charge < -0.3 is 10.2 Å². The number of amides is 1. The van der Waals surface area contributed by atoms with Gasteiger partial charge in [0.2, 0.25) is 5.91 Å². The van der Waals surface area contributed by atoms with Crippen LogP contribution in [0.5, 0.6) is 0 Å². The predicted octanol–water partition coefficient (Wildman–Crippen LogP) is 1.95. The van der Waals surface area contributed by atoms with Gasteiger partial charge in [0, 0.05) is 6.54 Å². The molecule has 0 bridgehead atoms. The van der Waals surface area contributed by atoms with Crippen molar-refractivity contribution in [3.8, 4) is 0 Å². The minimum absolute atomic E-state index is 0.0107. The number of halogens is 1. The van der Waals surface area contributed by atoms with Crippen molar-refractivity contribution in [2.45, 2.75) is 19.4 Å². The summed E-state index contributed by atoms with van der Waals surface area (Å²) in [6, 6.07) is 6.57. The van der Waals surface area contributed by atoms with Crippen LogP contribution in [0.25, 0.3) is 0 Å². The molecule has 1 N–H and O–H groups in total. The van der Waals surface area contributed by atoms with Crippen LogP contribution in [0.3, 0.4) is 0 Å². The van der Waals surface area contributed by atoms with Gasteiger partial charge in [-0.2, -0.15) is 0 Å². The van der Waals surface area contributed by atoms with E-state index in [2.05, 4.69) is 12.2 Å². The normalized spacial score (nSPS) is 23.4. The van der Waals surface area contributed by atoms with E-state index >= 15 is 0 Å². The minimum atomic E-state index is -0.243. The molecule has 2 atom stereocenters. The van der Waals surface area contributed by atoms with Gasteiger partial charge in [-0.3, -0.25) is 4.79 Å². The van der Waals surface area contributed by atoms with E-state index in [1.165, 1.54) is 12.1 Å². The monoisotopic (exact) mass is 250 g/mol. The lowest BCUT2D eigenvalue weighted by Crippen LogP contribution is -2.37. The fraction of sp³-hybridized carbons (Fsp3) is 0.500. The molecule has 1 fully saturated rings. The van der Waals surface area contributed by atoms with Gasteiger partial charge in [-0.05, 0) is 37.1 Å². The first kappa shape index (κ1) is 13.0. The zero-order valence-electron chi connectivity index (χ0n) is 10.8. The van der Waals surface area contributed by atoms with Crippen molar-refractivity contribution in [2.24, 2.45) is 5.92 Å². The Bertz CT molecular complexity index is 436. The Morgan fingerprint density at radius 1 is 1.56 bits per heavy atom. The second-order valence-corrected chi connectivity index (χ2v) is 4.99. The molecule has 0 unspecified atom stereocenters. The Morgan fingerprint density at radius 3 is 3.00 bits per heavy atom. The molecule has 0 aromatic heterocycles. The van der Waals surface area contributed by atoms with E-state index in [0.29, 0.717) is 12.5 Å². The van der Waals surface area contributed by atoms with Gasteiger partial charge in [0.25, 0.3) is 0 Å². The van der Waals surface area contributed by atoms with E-state index < -0.39 is 0 Å². The third-order valence-corrected chi connectivity index (χ3v) is 3.39. The maximum atomic E-state index is 13.3. The number of nitrogens with zero attached hydrogens (tertiary/aromatic N) is 1. The smallest absolute Gasteiger partial charge is 0.237 e. The Labute approximate surface area is 107 Å². The molecule has 0 radical (unpaired) electrons. The molecule has 0 aliphatic carbocycles.